The Bertz CT molecular complexity index is 1150. The maximum atomic E-state index is 14.0. The first-order valence-electron chi connectivity index (χ1n) is 12.9. The monoisotopic (exact) mass is 531 g/mol. The molecule has 2 atom stereocenters. The van der Waals surface area contributed by atoms with Gasteiger partial charge in [0.2, 0.25) is 0 Å². The van der Waals surface area contributed by atoms with Crippen LogP contribution in [0.1, 0.15) is 56.0 Å². The third kappa shape index (κ3) is 6.89. The highest BCUT2D eigenvalue weighted by Crippen LogP contribution is 2.48. The van der Waals surface area contributed by atoms with E-state index >= 15 is 0 Å². The number of rotatable bonds is 11. The minimum Gasteiger partial charge on any atom is -0.457 e. The van der Waals surface area contributed by atoms with Gasteiger partial charge in [-0.25, -0.2) is 14.2 Å². The van der Waals surface area contributed by atoms with E-state index in [1.807, 2.05) is 30.3 Å². The van der Waals surface area contributed by atoms with E-state index in [1.54, 1.807) is 6.07 Å². The van der Waals surface area contributed by atoms with Gasteiger partial charge < -0.3 is 19.4 Å². The van der Waals surface area contributed by atoms with Crippen LogP contribution in [0.3, 0.4) is 0 Å². The standard InChI is InChI=1S/C29H38FN3O3.ClH/c1-20(2)28-23-12-11-22(30)18-21(23)13-14-29(28,36-27(34)19-35-4)15-17-33(3)16-7-10-26-31-24-8-5-6-9-25(24)32-26;/h5-6,8-9,11-12,18,20,28H,7,10,13-17,19H2,1-4H3,(H,31,32);1H/t28-,29-;/m0./s1. The molecular weight excluding hydrogens is 493 g/mol. The van der Waals surface area contributed by atoms with Crippen LogP contribution in [0.5, 0.6) is 0 Å². The van der Waals surface area contributed by atoms with Crippen molar-refractivity contribution < 1.29 is 18.7 Å². The van der Waals surface area contributed by atoms with Crippen molar-refractivity contribution in [3.8, 4) is 0 Å². The zero-order chi connectivity index (χ0) is 25.7. The van der Waals surface area contributed by atoms with E-state index in [2.05, 4.69) is 35.8 Å². The zero-order valence-electron chi connectivity index (χ0n) is 22.3. The van der Waals surface area contributed by atoms with Crippen molar-refractivity contribution >= 4 is 29.4 Å². The molecule has 8 heteroatoms. The molecule has 2 aromatic carbocycles. The lowest BCUT2D eigenvalue weighted by Crippen LogP contribution is -2.49. The lowest BCUT2D eigenvalue weighted by molar-refractivity contribution is -0.172. The topological polar surface area (TPSA) is 67.5 Å². The van der Waals surface area contributed by atoms with Crippen LogP contribution >= 0.6 is 12.4 Å². The Balaban J connectivity index is 0.00000380. The van der Waals surface area contributed by atoms with E-state index in [0.29, 0.717) is 19.3 Å². The summed E-state index contributed by atoms with van der Waals surface area (Å²) >= 11 is 0. The number of hydrogen-bond acceptors (Lipinski definition) is 5. The number of nitrogens with one attached hydrogen (secondary N) is 1. The normalized spacial score (nSPS) is 19.2. The molecule has 0 saturated heterocycles. The number of esters is 1. The lowest BCUT2D eigenvalue weighted by atomic mass is 9.65. The largest absolute Gasteiger partial charge is 0.457 e. The molecule has 202 valence electrons. The number of benzene rings is 2. The number of methoxy groups -OCH3 is 1. The number of aromatic amines is 1. The number of aromatic nitrogens is 2. The fraction of sp³-hybridized carbons (Fsp3) is 0.517. The van der Waals surface area contributed by atoms with Crippen molar-refractivity contribution in [2.24, 2.45) is 5.92 Å². The quantitative estimate of drug-likeness (QED) is 0.322. The average molecular weight is 532 g/mol. The molecule has 0 bridgehead atoms. The second-order valence-corrected chi connectivity index (χ2v) is 10.4. The van der Waals surface area contributed by atoms with Gasteiger partial charge in [0.1, 0.15) is 23.8 Å². The first-order chi connectivity index (χ1) is 17.3. The molecule has 0 saturated carbocycles. The highest BCUT2D eigenvalue weighted by atomic mass is 35.5. The fourth-order valence-corrected chi connectivity index (χ4v) is 5.80. The summed E-state index contributed by atoms with van der Waals surface area (Å²) < 4.78 is 25.3. The molecular formula is C29H39ClFN3O3. The molecule has 0 amide bonds. The zero-order valence-corrected chi connectivity index (χ0v) is 23.1. The number of H-pyrrole nitrogens is 1. The van der Waals surface area contributed by atoms with Gasteiger partial charge in [-0.3, -0.25) is 0 Å². The van der Waals surface area contributed by atoms with Gasteiger partial charge in [0, 0.05) is 32.4 Å². The summed E-state index contributed by atoms with van der Waals surface area (Å²) in [4.78, 5) is 23.0. The van der Waals surface area contributed by atoms with Gasteiger partial charge in [-0.1, -0.05) is 32.0 Å². The molecule has 37 heavy (non-hydrogen) atoms. The molecule has 0 unspecified atom stereocenters. The minimum absolute atomic E-state index is 0. The van der Waals surface area contributed by atoms with E-state index in [1.165, 1.54) is 13.2 Å². The molecule has 0 radical (unpaired) electrons. The van der Waals surface area contributed by atoms with Crippen molar-refractivity contribution in [3.63, 3.8) is 0 Å². The first-order valence-corrected chi connectivity index (χ1v) is 12.9. The Hall–Kier alpha value is -2.48. The number of hydrogen-bond donors (Lipinski definition) is 1. The van der Waals surface area contributed by atoms with Crippen LogP contribution in [0.4, 0.5) is 4.39 Å². The second kappa shape index (κ2) is 12.9. The molecule has 0 fully saturated rings. The summed E-state index contributed by atoms with van der Waals surface area (Å²) in [6.07, 6.45) is 3.92. The van der Waals surface area contributed by atoms with Gasteiger partial charge in [0.05, 0.1) is 11.0 Å². The van der Waals surface area contributed by atoms with Crippen molar-refractivity contribution in [3.05, 3.63) is 65.2 Å². The molecule has 1 N–H and O–H groups in total. The SMILES string of the molecule is COCC(=O)O[C@]1(CCN(C)CCCc2nc3ccccc3[nH]2)CCc2cc(F)ccc2[C@@H]1C(C)C.Cl. The minimum atomic E-state index is -0.651. The maximum absolute atomic E-state index is 14.0. The van der Waals surface area contributed by atoms with E-state index in [-0.39, 0.29) is 42.6 Å². The summed E-state index contributed by atoms with van der Waals surface area (Å²) in [5, 5.41) is 0. The molecule has 0 spiro atoms. The summed E-state index contributed by atoms with van der Waals surface area (Å²) in [6.45, 7) is 5.93. The van der Waals surface area contributed by atoms with E-state index < -0.39 is 5.60 Å². The molecule has 3 aromatic rings. The highest BCUT2D eigenvalue weighted by molar-refractivity contribution is 5.85. The predicted octanol–water partition coefficient (Wildman–Crippen LogP) is 5.69. The summed E-state index contributed by atoms with van der Waals surface area (Å²) in [6, 6.07) is 13.1. The number of aryl methyl sites for hydroxylation is 2. The number of imidazole rings is 1. The van der Waals surface area contributed by atoms with Gasteiger partial charge in [0.15, 0.2) is 0 Å². The molecule has 1 aromatic heterocycles. The Morgan fingerprint density at radius 1 is 1.24 bits per heavy atom. The Kier molecular flexibility index (Phi) is 10.1. The van der Waals surface area contributed by atoms with Crippen molar-refractivity contribution in [1.29, 1.82) is 0 Å². The molecule has 6 nitrogen and oxygen atoms in total. The molecule has 1 aliphatic rings. The van der Waals surface area contributed by atoms with Gasteiger partial charge in [-0.15, -0.1) is 12.4 Å². The Labute approximate surface area is 225 Å². The van der Waals surface area contributed by atoms with E-state index in [0.717, 1.165) is 53.9 Å². The molecule has 0 aliphatic heterocycles. The Morgan fingerprint density at radius 3 is 2.76 bits per heavy atom. The van der Waals surface area contributed by atoms with Crippen molar-refractivity contribution in [1.82, 2.24) is 14.9 Å². The second-order valence-electron chi connectivity index (χ2n) is 10.4. The summed E-state index contributed by atoms with van der Waals surface area (Å²) in [5.74, 6) is 0.658. The smallest absolute Gasteiger partial charge is 0.332 e. The Morgan fingerprint density at radius 2 is 2.03 bits per heavy atom. The molecule has 4 rings (SSSR count). The van der Waals surface area contributed by atoms with Crippen molar-refractivity contribution in [2.45, 2.75) is 57.5 Å². The van der Waals surface area contributed by atoms with Gasteiger partial charge >= 0.3 is 5.97 Å². The maximum Gasteiger partial charge on any atom is 0.332 e. The fourth-order valence-electron chi connectivity index (χ4n) is 5.80. The average Bonchev–Trinajstić information content (AvgIpc) is 3.25. The number of carbonyl (C=O) groups is 1. The lowest BCUT2D eigenvalue weighted by Gasteiger charge is -2.47. The summed E-state index contributed by atoms with van der Waals surface area (Å²) in [7, 11) is 3.61. The first kappa shape index (κ1) is 29.1. The number of nitrogens with zero attached hydrogens (tertiary/aromatic N) is 2. The van der Waals surface area contributed by atoms with Crippen LogP contribution in [-0.2, 0) is 27.1 Å². The van der Waals surface area contributed by atoms with E-state index in [9.17, 15) is 9.18 Å². The molecule has 1 heterocycles. The van der Waals surface area contributed by atoms with Gasteiger partial charge in [-0.2, -0.15) is 0 Å². The predicted molar refractivity (Wildman–Crippen MR) is 147 cm³/mol. The van der Waals surface area contributed by atoms with Crippen LogP contribution in [0.25, 0.3) is 11.0 Å². The molecule has 1 aliphatic carbocycles. The number of fused-ring (bicyclic) bond motifs is 2. The third-order valence-electron chi connectivity index (χ3n) is 7.38. The van der Waals surface area contributed by atoms with Crippen LogP contribution < -0.4 is 0 Å². The van der Waals surface area contributed by atoms with Crippen LogP contribution in [0.15, 0.2) is 42.5 Å². The van der Waals surface area contributed by atoms with Gasteiger partial charge in [0.25, 0.3) is 0 Å². The number of carbonyl (C=O) groups excluding carboxylic acids is 1. The third-order valence-corrected chi connectivity index (χ3v) is 7.38. The summed E-state index contributed by atoms with van der Waals surface area (Å²) in [5.41, 5.74) is 3.53. The van der Waals surface area contributed by atoms with Crippen molar-refractivity contribution in [2.75, 3.05) is 33.9 Å². The van der Waals surface area contributed by atoms with Crippen LogP contribution in [0.2, 0.25) is 0 Å². The number of halogens is 2. The number of para-hydroxylation sites is 2. The number of ether oxygens (including phenoxy) is 2. The van der Waals surface area contributed by atoms with Gasteiger partial charge in [-0.05, 0) is 74.2 Å². The van der Waals surface area contributed by atoms with Crippen LogP contribution in [0, 0.1) is 11.7 Å². The highest BCUT2D eigenvalue weighted by Gasteiger charge is 2.47. The van der Waals surface area contributed by atoms with Crippen LogP contribution in [-0.4, -0.2) is 60.3 Å². The van der Waals surface area contributed by atoms with E-state index in [4.69, 9.17) is 9.47 Å².